The molecule has 4 rings (SSSR count). The van der Waals surface area contributed by atoms with Gasteiger partial charge in [-0.2, -0.15) is 0 Å². The maximum Gasteiger partial charge on any atom is 0.178 e. The first-order chi connectivity index (χ1) is 13.2. The molecule has 28 heavy (non-hydrogen) atoms. The van der Waals surface area contributed by atoms with E-state index in [1.54, 1.807) is 18.6 Å². The molecule has 0 amide bonds. The zero-order valence-corrected chi connectivity index (χ0v) is 15.2. The van der Waals surface area contributed by atoms with Crippen LogP contribution in [0.1, 0.15) is 26.8 Å². The van der Waals surface area contributed by atoms with E-state index >= 15 is 0 Å². The number of aromatic nitrogens is 4. The average molecular weight is 376 g/mol. The molecule has 0 aliphatic carbocycles. The smallest absolute Gasteiger partial charge is 0.178 e. The van der Waals surface area contributed by atoms with E-state index in [9.17, 15) is 0 Å². The van der Waals surface area contributed by atoms with Crippen molar-refractivity contribution >= 4 is 11.2 Å². The summed E-state index contributed by atoms with van der Waals surface area (Å²) in [4.78, 5) is 16.3. The van der Waals surface area contributed by atoms with E-state index in [-0.39, 0.29) is 13.5 Å². The van der Waals surface area contributed by atoms with Crippen LogP contribution in [0.3, 0.4) is 0 Å². The van der Waals surface area contributed by atoms with Crippen LogP contribution in [0.15, 0.2) is 61.1 Å². The van der Waals surface area contributed by atoms with Crippen molar-refractivity contribution in [2.75, 3.05) is 0 Å². The van der Waals surface area contributed by atoms with Gasteiger partial charge in [0.05, 0.1) is 11.6 Å². The van der Waals surface area contributed by atoms with Gasteiger partial charge in [-0.1, -0.05) is 13.5 Å². The number of pyridine rings is 2. The monoisotopic (exact) mass is 376 g/mol. The van der Waals surface area contributed by atoms with Gasteiger partial charge in [0.15, 0.2) is 5.65 Å². The summed E-state index contributed by atoms with van der Waals surface area (Å²) in [6, 6.07) is 13.5. The number of imidazole rings is 1. The molecule has 0 aliphatic heterocycles. The van der Waals surface area contributed by atoms with Gasteiger partial charge in [0, 0.05) is 35.8 Å². The van der Waals surface area contributed by atoms with Gasteiger partial charge in [0.2, 0.25) is 0 Å². The Hall–Kier alpha value is -3.41. The van der Waals surface area contributed by atoms with Crippen LogP contribution in [0.5, 0.6) is 11.5 Å². The van der Waals surface area contributed by atoms with E-state index in [4.69, 9.17) is 9.47 Å². The molecule has 0 radical (unpaired) electrons. The van der Waals surface area contributed by atoms with Crippen LogP contribution in [0, 0.1) is 0 Å². The van der Waals surface area contributed by atoms with Crippen LogP contribution in [-0.4, -0.2) is 26.0 Å². The highest BCUT2D eigenvalue weighted by Crippen LogP contribution is 2.30. The summed E-state index contributed by atoms with van der Waals surface area (Å²) < 4.78 is 11.9. The Kier molecular flexibility index (Phi) is 5.89. The summed E-state index contributed by atoms with van der Waals surface area (Å²) in [6.45, 7) is 4.42. The van der Waals surface area contributed by atoms with E-state index in [2.05, 4.69) is 19.9 Å². The Morgan fingerprint density at radius 1 is 1.04 bits per heavy atom. The average Bonchev–Trinajstić information content (AvgIpc) is 3.11. The van der Waals surface area contributed by atoms with Crippen molar-refractivity contribution in [2.45, 2.75) is 34.0 Å². The van der Waals surface area contributed by atoms with Gasteiger partial charge < -0.3 is 14.5 Å². The predicted molar refractivity (Wildman–Crippen MR) is 110 cm³/mol. The third-order valence-corrected chi connectivity index (χ3v) is 3.91. The number of nitrogens with one attached hydrogen (secondary N) is 1. The van der Waals surface area contributed by atoms with E-state index in [0.717, 1.165) is 28.2 Å². The third kappa shape index (κ3) is 4.46. The van der Waals surface area contributed by atoms with Gasteiger partial charge in [0.1, 0.15) is 23.9 Å². The number of nitrogens with zero attached hydrogens (tertiary/aromatic N) is 3. The molecular weight excluding hydrogens is 352 g/mol. The molecule has 0 bridgehead atoms. The molecule has 1 N–H and O–H groups in total. The summed E-state index contributed by atoms with van der Waals surface area (Å²) in [5.41, 5.74) is 3.45. The number of hydrogen-bond donors (Lipinski definition) is 1. The second-order valence-corrected chi connectivity index (χ2v) is 6.47. The Balaban J connectivity index is 0.00000225. The summed E-state index contributed by atoms with van der Waals surface area (Å²) in [6.07, 6.45) is 5.33. The quantitative estimate of drug-likeness (QED) is 0.511. The molecule has 0 saturated carbocycles. The van der Waals surface area contributed by atoms with Crippen LogP contribution in [0.25, 0.3) is 22.6 Å². The maximum absolute atomic E-state index is 5.97. The molecule has 0 spiro atoms. The van der Waals surface area contributed by atoms with E-state index in [1.165, 1.54) is 0 Å². The fraction of sp³-hybridized carbons (Fsp3) is 0.227. The van der Waals surface area contributed by atoms with Gasteiger partial charge in [-0.05, 0) is 44.2 Å². The summed E-state index contributed by atoms with van der Waals surface area (Å²) in [5.74, 6) is 2.17. The van der Waals surface area contributed by atoms with Gasteiger partial charge in [-0.15, -0.1) is 0 Å². The minimum Gasteiger partial charge on any atom is -0.491 e. The van der Waals surface area contributed by atoms with Crippen LogP contribution in [-0.2, 0) is 6.61 Å². The number of rotatable bonds is 6. The molecule has 1 aromatic carbocycles. The van der Waals surface area contributed by atoms with Crippen molar-refractivity contribution in [2.24, 2.45) is 0 Å². The van der Waals surface area contributed by atoms with Crippen LogP contribution >= 0.6 is 0 Å². The predicted octanol–water partition coefficient (Wildman–Crippen LogP) is 5.02. The molecule has 4 aromatic rings. The number of benzene rings is 1. The fourth-order valence-corrected chi connectivity index (χ4v) is 2.76. The Morgan fingerprint density at radius 3 is 2.61 bits per heavy atom. The summed E-state index contributed by atoms with van der Waals surface area (Å²) in [7, 11) is 0. The number of H-pyrrole nitrogens is 1. The molecule has 3 heterocycles. The van der Waals surface area contributed by atoms with Gasteiger partial charge in [-0.25, -0.2) is 9.97 Å². The van der Waals surface area contributed by atoms with Crippen molar-refractivity contribution in [3.05, 3.63) is 66.6 Å². The second-order valence-electron chi connectivity index (χ2n) is 6.47. The van der Waals surface area contributed by atoms with Crippen molar-refractivity contribution in [1.29, 1.82) is 0 Å². The lowest BCUT2D eigenvalue weighted by Crippen LogP contribution is -2.06. The standard InChI is InChI=1S/C21H20N4O2.CH4/c1-14(2)27-18-10-16(20-24-19-6-4-8-23-21(19)25-20)9-17(11-18)26-13-15-5-3-7-22-12-15;/h3-12,14H,13H2,1-2H3,(H,23,24,25);1H4. The topological polar surface area (TPSA) is 72.9 Å². The molecule has 0 saturated heterocycles. The van der Waals surface area contributed by atoms with Crippen molar-refractivity contribution in [3.63, 3.8) is 0 Å². The number of ether oxygens (including phenoxy) is 2. The summed E-state index contributed by atoms with van der Waals surface area (Å²) in [5, 5.41) is 0. The van der Waals surface area contributed by atoms with Crippen LogP contribution < -0.4 is 9.47 Å². The molecule has 144 valence electrons. The molecular formula is C22H24N4O2. The Bertz CT molecular complexity index is 1010. The summed E-state index contributed by atoms with van der Waals surface area (Å²) >= 11 is 0. The van der Waals surface area contributed by atoms with Crippen LogP contribution in [0.4, 0.5) is 0 Å². The number of aromatic amines is 1. The first kappa shape index (κ1) is 19.4. The third-order valence-electron chi connectivity index (χ3n) is 3.91. The molecule has 6 nitrogen and oxygen atoms in total. The fourth-order valence-electron chi connectivity index (χ4n) is 2.76. The molecule has 0 aliphatic rings. The molecule has 6 heteroatoms. The normalized spacial score (nSPS) is 10.7. The highest BCUT2D eigenvalue weighted by molar-refractivity contribution is 5.76. The lowest BCUT2D eigenvalue weighted by Gasteiger charge is -2.13. The molecule has 0 fully saturated rings. The SMILES string of the molecule is C.CC(C)Oc1cc(OCc2cccnc2)cc(-c2nc3ncccc3[nH]2)c1. The first-order valence-corrected chi connectivity index (χ1v) is 8.82. The van der Waals surface area contributed by atoms with Crippen molar-refractivity contribution in [3.8, 4) is 22.9 Å². The molecule has 0 atom stereocenters. The lowest BCUT2D eigenvalue weighted by molar-refractivity contribution is 0.239. The minimum absolute atomic E-state index is 0. The largest absolute Gasteiger partial charge is 0.491 e. The van der Waals surface area contributed by atoms with Gasteiger partial charge in [-0.3, -0.25) is 4.98 Å². The van der Waals surface area contributed by atoms with E-state index in [1.807, 2.05) is 56.3 Å². The number of fused-ring (bicyclic) bond motifs is 1. The molecule has 0 unspecified atom stereocenters. The van der Waals surface area contributed by atoms with E-state index in [0.29, 0.717) is 18.0 Å². The minimum atomic E-state index is 0. The Labute approximate surface area is 164 Å². The van der Waals surface area contributed by atoms with Gasteiger partial charge >= 0.3 is 0 Å². The molecule has 3 aromatic heterocycles. The van der Waals surface area contributed by atoms with Gasteiger partial charge in [0.25, 0.3) is 0 Å². The Morgan fingerprint density at radius 2 is 1.86 bits per heavy atom. The second kappa shape index (κ2) is 8.52. The lowest BCUT2D eigenvalue weighted by atomic mass is 10.2. The zero-order chi connectivity index (χ0) is 18.6. The van der Waals surface area contributed by atoms with Crippen molar-refractivity contribution in [1.82, 2.24) is 19.9 Å². The highest BCUT2D eigenvalue weighted by atomic mass is 16.5. The zero-order valence-electron chi connectivity index (χ0n) is 15.2. The van der Waals surface area contributed by atoms with Crippen LogP contribution in [0.2, 0.25) is 0 Å². The van der Waals surface area contributed by atoms with E-state index < -0.39 is 0 Å². The highest BCUT2D eigenvalue weighted by Gasteiger charge is 2.11. The van der Waals surface area contributed by atoms with Crippen molar-refractivity contribution < 1.29 is 9.47 Å². The maximum atomic E-state index is 5.97. The first-order valence-electron chi connectivity index (χ1n) is 8.82. The number of hydrogen-bond acceptors (Lipinski definition) is 5.